The summed E-state index contributed by atoms with van der Waals surface area (Å²) in [5.74, 6) is 0. The van der Waals surface area contributed by atoms with Gasteiger partial charge in [-0.15, -0.1) is 0 Å². The second kappa shape index (κ2) is 5.74. The summed E-state index contributed by atoms with van der Waals surface area (Å²) >= 11 is 0. The van der Waals surface area contributed by atoms with Crippen molar-refractivity contribution in [1.29, 1.82) is 0 Å². The summed E-state index contributed by atoms with van der Waals surface area (Å²) in [5.41, 5.74) is 4.03. The number of para-hydroxylation sites is 1. The molecule has 1 unspecified atom stereocenters. The quantitative estimate of drug-likeness (QED) is 0.781. The van der Waals surface area contributed by atoms with Crippen LogP contribution in [0.15, 0.2) is 43.0 Å². The summed E-state index contributed by atoms with van der Waals surface area (Å²) in [6, 6.07) is 8.98. The molecular formula is C17H22N4. The molecule has 0 saturated heterocycles. The maximum Gasteiger partial charge on any atom is 0.0946 e. The van der Waals surface area contributed by atoms with Gasteiger partial charge in [0.25, 0.3) is 0 Å². The molecular weight excluding hydrogens is 260 g/mol. The minimum Gasteiger partial charge on any atom is -0.346 e. The van der Waals surface area contributed by atoms with E-state index in [2.05, 4.69) is 64.6 Å². The third kappa shape index (κ3) is 2.72. The van der Waals surface area contributed by atoms with Crippen LogP contribution >= 0.6 is 0 Å². The van der Waals surface area contributed by atoms with Crippen molar-refractivity contribution in [2.75, 3.05) is 0 Å². The van der Waals surface area contributed by atoms with Gasteiger partial charge in [-0.1, -0.05) is 18.2 Å². The lowest BCUT2D eigenvalue weighted by atomic mass is 10.1. The van der Waals surface area contributed by atoms with Crippen molar-refractivity contribution in [3.63, 3.8) is 0 Å². The van der Waals surface area contributed by atoms with Crippen LogP contribution in [0.25, 0.3) is 10.9 Å². The molecule has 0 aliphatic rings. The smallest absolute Gasteiger partial charge is 0.0946 e. The monoisotopic (exact) mass is 282 g/mol. The highest BCUT2D eigenvalue weighted by molar-refractivity contribution is 5.85. The summed E-state index contributed by atoms with van der Waals surface area (Å²) < 4.78 is 4.40. The van der Waals surface area contributed by atoms with Gasteiger partial charge in [-0.25, -0.2) is 4.98 Å². The second-order valence-electron chi connectivity index (χ2n) is 5.69. The average molecular weight is 282 g/mol. The molecule has 3 aromatic rings. The number of nitrogens with zero attached hydrogens (tertiary/aromatic N) is 3. The van der Waals surface area contributed by atoms with Gasteiger partial charge in [-0.05, 0) is 25.5 Å². The van der Waals surface area contributed by atoms with Gasteiger partial charge in [0.15, 0.2) is 0 Å². The van der Waals surface area contributed by atoms with Crippen molar-refractivity contribution >= 4 is 10.9 Å². The summed E-state index contributed by atoms with van der Waals surface area (Å²) in [7, 11) is 2.15. The number of rotatable bonds is 5. The van der Waals surface area contributed by atoms with Crippen molar-refractivity contribution in [3.05, 3.63) is 54.2 Å². The molecule has 1 N–H and O–H groups in total. The highest BCUT2D eigenvalue weighted by Gasteiger charge is 2.12. The van der Waals surface area contributed by atoms with Crippen molar-refractivity contribution < 1.29 is 0 Å². The zero-order valence-electron chi connectivity index (χ0n) is 12.9. The average Bonchev–Trinajstić information content (AvgIpc) is 3.07. The molecule has 0 aliphatic heterocycles. The van der Waals surface area contributed by atoms with Gasteiger partial charge < -0.3 is 14.5 Å². The van der Waals surface area contributed by atoms with Crippen molar-refractivity contribution in [2.24, 2.45) is 7.05 Å². The molecule has 0 radical (unpaired) electrons. The first-order valence-corrected chi connectivity index (χ1v) is 7.39. The van der Waals surface area contributed by atoms with E-state index in [0.717, 1.165) is 13.1 Å². The Balaban J connectivity index is 1.73. The number of fused-ring (bicyclic) bond motifs is 1. The van der Waals surface area contributed by atoms with Crippen LogP contribution in [0.1, 0.15) is 18.2 Å². The van der Waals surface area contributed by atoms with E-state index < -0.39 is 0 Å². The summed E-state index contributed by atoms with van der Waals surface area (Å²) in [5, 5.41) is 4.96. The van der Waals surface area contributed by atoms with Gasteiger partial charge >= 0.3 is 0 Å². The molecule has 4 heteroatoms. The predicted octanol–water partition coefficient (Wildman–Crippen LogP) is 2.86. The largest absolute Gasteiger partial charge is 0.346 e. The van der Waals surface area contributed by atoms with E-state index in [1.165, 1.54) is 22.2 Å². The van der Waals surface area contributed by atoms with E-state index >= 15 is 0 Å². The molecule has 1 atom stereocenters. The molecule has 2 heterocycles. The number of benzene rings is 1. The van der Waals surface area contributed by atoms with Crippen LogP contribution in [0.4, 0.5) is 0 Å². The zero-order chi connectivity index (χ0) is 14.8. The molecule has 0 bridgehead atoms. The Labute approximate surface area is 125 Å². The minimum atomic E-state index is 0.400. The van der Waals surface area contributed by atoms with E-state index in [0.29, 0.717) is 6.04 Å². The number of nitrogens with one attached hydrogen (secondary N) is 1. The van der Waals surface area contributed by atoms with E-state index in [-0.39, 0.29) is 0 Å². The van der Waals surface area contributed by atoms with E-state index in [1.807, 2.05) is 18.7 Å². The molecule has 0 spiro atoms. The molecule has 4 nitrogen and oxygen atoms in total. The standard InChI is InChI=1S/C17H22N4/c1-13(11-21-9-8-18-12-21)19-10-17-14(2)15-6-4-5-7-16(15)20(17)3/h4-9,12-13,19H,10-11H2,1-3H3. The summed E-state index contributed by atoms with van der Waals surface area (Å²) in [4.78, 5) is 4.08. The molecule has 0 fully saturated rings. The molecule has 21 heavy (non-hydrogen) atoms. The zero-order valence-corrected chi connectivity index (χ0v) is 12.9. The molecule has 3 rings (SSSR count). The van der Waals surface area contributed by atoms with E-state index in [9.17, 15) is 0 Å². The number of hydrogen-bond acceptors (Lipinski definition) is 2. The highest BCUT2D eigenvalue weighted by Crippen LogP contribution is 2.24. The van der Waals surface area contributed by atoms with Gasteiger partial charge in [0.1, 0.15) is 0 Å². The molecule has 1 aromatic carbocycles. The maximum atomic E-state index is 4.08. The van der Waals surface area contributed by atoms with Crippen molar-refractivity contribution in [3.8, 4) is 0 Å². The van der Waals surface area contributed by atoms with Crippen LogP contribution in [0.2, 0.25) is 0 Å². The fourth-order valence-electron chi connectivity index (χ4n) is 2.93. The second-order valence-corrected chi connectivity index (χ2v) is 5.69. The Kier molecular flexibility index (Phi) is 3.80. The third-order valence-electron chi connectivity index (χ3n) is 4.17. The highest BCUT2D eigenvalue weighted by atomic mass is 15.1. The number of aryl methyl sites for hydroxylation is 2. The van der Waals surface area contributed by atoms with Gasteiger partial charge in [0.2, 0.25) is 0 Å². The van der Waals surface area contributed by atoms with Crippen molar-refractivity contribution in [2.45, 2.75) is 33.0 Å². The van der Waals surface area contributed by atoms with Crippen LogP contribution in [0.5, 0.6) is 0 Å². The summed E-state index contributed by atoms with van der Waals surface area (Å²) in [6.07, 6.45) is 5.68. The van der Waals surface area contributed by atoms with E-state index in [1.54, 1.807) is 0 Å². The lowest BCUT2D eigenvalue weighted by Gasteiger charge is -2.15. The first-order valence-electron chi connectivity index (χ1n) is 7.39. The Morgan fingerprint density at radius 2 is 2.10 bits per heavy atom. The molecule has 0 amide bonds. The number of aromatic nitrogens is 3. The SMILES string of the molecule is Cc1c(CNC(C)Cn2ccnc2)n(C)c2ccccc12. The van der Waals surface area contributed by atoms with Crippen LogP contribution in [-0.2, 0) is 20.1 Å². The third-order valence-corrected chi connectivity index (χ3v) is 4.17. The maximum absolute atomic E-state index is 4.08. The topological polar surface area (TPSA) is 34.8 Å². The normalized spacial score (nSPS) is 12.9. The molecule has 0 aliphatic carbocycles. The Hall–Kier alpha value is -2.07. The van der Waals surface area contributed by atoms with Gasteiger partial charge in [0, 0.05) is 55.2 Å². The van der Waals surface area contributed by atoms with Crippen LogP contribution in [0, 0.1) is 6.92 Å². The predicted molar refractivity (Wildman–Crippen MR) is 86.2 cm³/mol. The van der Waals surface area contributed by atoms with Crippen LogP contribution < -0.4 is 5.32 Å². The van der Waals surface area contributed by atoms with Gasteiger partial charge in [-0.2, -0.15) is 0 Å². The molecule has 0 saturated carbocycles. The molecule has 110 valence electrons. The van der Waals surface area contributed by atoms with Crippen LogP contribution in [0.3, 0.4) is 0 Å². The lowest BCUT2D eigenvalue weighted by molar-refractivity contribution is 0.469. The fraction of sp³-hybridized carbons (Fsp3) is 0.353. The Morgan fingerprint density at radius 1 is 1.29 bits per heavy atom. The summed E-state index contributed by atoms with van der Waals surface area (Å²) in [6.45, 7) is 6.23. The van der Waals surface area contributed by atoms with Crippen LogP contribution in [-0.4, -0.2) is 20.2 Å². The van der Waals surface area contributed by atoms with E-state index in [4.69, 9.17) is 0 Å². The number of hydrogen-bond donors (Lipinski definition) is 1. The van der Waals surface area contributed by atoms with Gasteiger partial charge in [0.05, 0.1) is 6.33 Å². The van der Waals surface area contributed by atoms with Crippen molar-refractivity contribution in [1.82, 2.24) is 19.4 Å². The molecule has 2 aromatic heterocycles. The van der Waals surface area contributed by atoms with Gasteiger partial charge in [-0.3, -0.25) is 0 Å². The Morgan fingerprint density at radius 3 is 2.81 bits per heavy atom. The number of imidazole rings is 1. The Bertz CT molecular complexity index is 686. The first-order chi connectivity index (χ1) is 10.2. The fourth-order valence-corrected chi connectivity index (χ4v) is 2.93. The lowest BCUT2D eigenvalue weighted by Crippen LogP contribution is -2.30. The first kappa shape index (κ1) is 13.9. The minimum absolute atomic E-state index is 0.400.